The van der Waals surface area contributed by atoms with E-state index in [0.29, 0.717) is 17.4 Å². The van der Waals surface area contributed by atoms with Gasteiger partial charge in [-0.15, -0.1) is 0 Å². The molecule has 4 rings (SSSR count). The normalized spacial score (nSPS) is 22.4. The molecule has 3 N–H and O–H groups in total. The number of aryl methyl sites for hydroxylation is 1. The molecule has 3 heterocycles. The second-order valence-corrected chi connectivity index (χ2v) is 8.95. The van der Waals surface area contributed by atoms with Crippen LogP contribution in [0.25, 0.3) is 11.1 Å². The fourth-order valence-corrected chi connectivity index (χ4v) is 4.74. The lowest BCUT2D eigenvalue weighted by atomic mass is 9.85. The molecule has 0 bridgehead atoms. The molecule has 30 heavy (non-hydrogen) atoms. The van der Waals surface area contributed by atoms with Gasteiger partial charge >= 0.3 is 0 Å². The van der Waals surface area contributed by atoms with E-state index >= 15 is 0 Å². The molecule has 1 aliphatic heterocycles. The van der Waals surface area contributed by atoms with Crippen LogP contribution in [0.3, 0.4) is 0 Å². The maximum absolute atomic E-state index is 12.9. The minimum absolute atomic E-state index is 0.00338. The third kappa shape index (κ3) is 4.85. The lowest BCUT2D eigenvalue weighted by Crippen LogP contribution is -2.40. The summed E-state index contributed by atoms with van der Waals surface area (Å²) in [5, 5.41) is 20.9. The number of fused-ring (bicyclic) bond motifs is 1. The molecule has 0 unspecified atom stereocenters. The van der Waals surface area contributed by atoms with Crippen molar-refractivity contribution in [3.05, 3.63) is 29.2 Å². The van der Waals surface area contributed by atoms with E-state index in [1.165, 1.54) is 5.69 Å². The number of halogens is 1. The number of anilines is 1. The number of hydrogen-bond acceptors (Lipinski definition) is 5. The van der Waals surface area contributed by atoms with Crippen LogP contribution in [-0.2, 0) is 17.8 Å². The van der Waals surface area contributed by atoms with Gasteiger partial charge in [-0.05, 0) is 51.5 Å². The number of nitrogens with one attached hydrogen (secondary N) is 2. The van der Waals surface area contributed by atoms with Crippen molar-refractivity contribution >= 4 is 23.3 Å². The van der Waals surface area contributed by atoms with Gasteiger partial charge in [0.2, 0.25) is 5.91 Å². The lowest BCUT2D eigenvalue weighted by Gasteiger charge is -2.29. The van der Waals surface area contributed by atoms with Crippen LogP contribution in [0.1, 0.15) is 51.1 Å². The minimum atomic E-state index is -0.384. The zero-order valence-corrected chi connectivity index (χ0v) is 18.2. The molecule has 7 nitrogen and oxygen atoms in total. The number of amides is 1. The van der Waals surface area contributed by atoms with Crippen molar-refractivity contribution in [2.45, 2.75) is 70.6 Å². The number of pyridine rings is 1. The first-order chi connectivity index (χ1) is 14.5. The largest absolute Gasteiger partial charge is 0.392 e. The Morgan fingerprint density at radius 3 is 3.00 bits per heavy atom. The summed E-state index contributed by atoms with van der Waals surface area (Å²) in [5.41, 5.74) is 3.09. The van der Waals surface area contributed by atoms with Gasteiger partial charge in [-0.3, -0.25) is 9.48 Å². The van der Waals surface area contributed by atoms with Gasteiger partial charge in [-0.1, -0.05) is 18.0 Å². The van der Waals surface area contributed by atoms with Crippen molar-refractivity contribution in [2.75, 3.05) is 11.9 Å². The second kappa shape index (κ2) is 9.45. The van der Waals surface area contributed by atoms with E-state index < -0.39 is 0 Å². The Bertz CT molecular complexity index is 898. The third-order valence-corrected chi connectivity index (χ3v) is 6.43. The Morgan fingerprint density at radius 1 is 1.30 bits per heavy atom. The summed E-state index contributed by atoms with van der Waals surface area (Å²) >= 11 is 6.45. The van der Waals surface area contributed by atoms with Crippen molar-refractivity contribution in [2.24, 2.45) is 5.92 Å². The number of carbonyl (C=O) groups is 1. The standard InChI is InChI=1S/C22H30ClN5O2/c1-14(29)11-24-16-6-4-5-15(9-16)22(30)27-21-10-17(19(23)13-25-21)18-12-26-28-8-3-2-7-20(18)28/h10,12-16,24,29H,2-9,11H2,1H3,(H,25,27,30)/t14-,15-,16+/m0/s1. The molecule has 8 heteroatoms. The fraction of sp³-hybridized carbons (Fsp3) is 0.591. The predicted molar refractivity (Wildman–Crippen MR) is 117 cm³/mol. The molecule has 0 radical (unpaired) electrons. The predicted octanol–water partition coefficient (Wildman–Crippen LogP) is 3.40. The maximum atomic E-state index is 12.9. The number of hydrogen-bond donors (Lipinski definition) is 3. The fourth-order valence-electron chi connectivity index (χ4n) is 4.54. The number of aliphatic hydroxyl groups excluding tert-OH is 1. The molecule has 0 saturated heterocycles. The molecule has 3 atom stereocenters. The molecule has 2 aliphatic rings. The number of rotatable bonds is 6. The Morgan fingerprint density at radius 2 is 2.17 bits per heavy atom. The van der Waals surface area contributed by atoms with E-state index in [1.54, 1.807) is 13.1 Å². The molecule has 1 amide bonds. The summed E-state index contributed by atoms with van der Waals surface area (Å²) in [6.07, 6.45) is 10.0. The molecular formula is C22H30ClN5O2. The first-order valence-electron chi connectivity index (χ1n) is 10.9. The van der Waals surface area contributed by atoms with Crippen molar-refractivity contribution < 1.29 is 9.90 Å². The highest BCUT2D eigenvalue weighted by atomic mass is 35.5. The first kappa shape index (κ1) is 21.3. The van der Waals surface area contributed by atoms with E-state index in [0.717, 1.165) is 62.6 Å². The highest BCUT2D eigenvalue weighted by Gasteiger charge is 2.28. The minimum Gasteiger partial charge on any atom is -0.392 e. The van der Waals surface area contributed by atoms with Crippen LogP contribution in [0.2, 0.25) is 5.02 Å². The van der Waals surface area contributed by atoms with Crippen LogP contribution in [0, 0.1) is 5.92 Å². The molecule has 0 aromatic carbocycles. The van der Waals surface area contributed by atoms with Crippen molar-refractivity contribution in [3.8, 4) is 11.1 Å². The van der Waals surface area contributed by atoms with Crippen molar-refractivity contribution in [3.63, 3.8) is 0 Å². The molecule has 0 spiro atoms. The van der Waals surface area contributed by atoms with Gasteiger partial charge in [0.25, 0.3) is 0 Å². The maximum Gasteiger partial charge on any atom is 0.228 e. The number of aliphatic hydroxyl groups is 1. The quantitative estimate of drug-likeness (QED) is 0.651. The van der Waals surface area contributed by atoms with E-state index in [4.69, 9.17) is 11.6 Å². The molecular weight excluding hydrogens is 402 g/mol. The number of aromatic nitrogens is 3. The topological polar surface area (TPSA) is 92.1 Å². The van der Waals surface area contributed by atoms with Gasteiger partial charge in [0.1, 0.15) is 5.82 Å². The zero-order valence-electron chi connectivity index (χ0n) is 17.4. The van der Waals surface area contributed by atoms with E-state index in [1.807, 2.05) is 12.3 Å². The van der Waals surface area contributed by atoms with Gasteiger partial charge in [0, 0.05) is 48.1 Å². The van der Waals surface area contributed by atoms with E-state index in [9.17, 15) is 9.90 Å². The molecule has 2 aromatic rings. The van der Waals surface area contributed by atoms with Gasteiger partial charge in [-0.2, -0.15) is 5.10 Å². The van der Waals surface area contributed by atoms with Crippen molar-refractivity contribution in [1.29, 1.82) is 0 Å². The summed E-state index contributed by atoms with van der Waals surface area (Å²) in [6.45, 7) is 3.26. The smallest absolute Gasteiger partial charge is 0.228 e. The average molecular weight is 432 g/mol. The Balaban J connectivity index is 1.45. The third-order valence-electron chi connectivity index (χ3n) is 6.13. The first-order valence-corrected chi connectivity index (χ1v) is 11.3. The van der Waals surface area contributed by atoms with Gasteiger partial charge in [0.15, 0.2) is 0 Å². The molecule has 162 valence electrons. The molecule has 1 saturated carbocycles. The van der Waals surface area contributed by atoms with Gasteiger partial charge in [0.05, 0.1) is 17.3 Å². The summed E-state index contributed by atoms with van der Waals surface area (Å²) in [5.74, 6) is 0.459. The van der Waals surface area contributed by atoms with Crippen LogP contribution in [-0.4, -0.2) is 44.5 Å². The molecule has 1 fully saturated rings. The van der Waals surface area contributed by atoms with E-state index in [-0.39, 0.29) is 24.0 Å². The van der Waals surface area contributed by atoms with Crippen LogP contribution >= 0.6 is 11.6 Å². The molecule has 2 aromatic heterocycles. The second-order valence-electron chi connectivity index (χ2n) is 8.54. The molecule has 1 aliphatic carbocycles. The number of carbonyl (C=O) groups excluding carboxylic acids is 1. The SMILES string of the molecule is C[C@H](O)CN[C@@H]1CCC[C@H](C(=O)Nc2cc(-c3cnn4c3CCCC4)c(Cl)cn2)C1. The zero-order chi connectivity index (χ0) is 21.1. The van der Waals surface area contributed by atoms with Gasteiger partial charge < -0.3 is 15.7 Å². The summed E-state index contributed by atoms with van der Waals surface area (Å²) in [4.78, 5) is 17.2. The summed E-state index contributed by atoms with van der Waals surface area (Å²) in [7, 11) is 0. The highest BCUT2D eigenvalue weighted by Crippen LogP contribution is 2.34. The number of nitrogens with zero attached hydrogens (tertiary/aromatic N) is 3. The van der Waals surface area contributed by atoms with Crippen LogP contribution < -0.4 is 10.6 Å². The Labute approximate surface area is 182 Å². The Hall–Kier alpha value is -1.96. The monoisotopic (exact) mass is 431 g/mol. The van der Waals surface area contributed by atoms with E-state index in [2.05, 4.69) is 25.4 Å². The van der Waals surface area contributed by atoms with Crippen LogP contribution in [0.15, 0.2) is 18.5 Å². The van der Waals surface area contributed by atoms with Crippen molar-refractivity contribution in [1.82, 2.24) is 20.1 Å². The lowest BCUT2D eigenvalue weighted by molar-refractivity contribution is -0.121. The van der Waals surface area contributed by atoms with Crippen LogP contribution in [0.5, 0.6) is 0 Å². The summed E-state index contributed by atoms with van der Waals surface area (Å²) < 4.78 is 2.05. The Kier molecular flexibility index (Phi) is 6.71. The summed E-state index contributed by atoms with van der Waals surface area (Å²) in [6, 6.07) is 2.12. The average Bonchev–Trinajstić information content (AvgIpc) is 3.18. The highest BCUT2D eigenvalue weighted by molar-refractivity contribution is 6.33. The van der Waals surface area contributed by atoms with Crippen LogP contribution in [0.4, 0.5) is 5.82 Å². The van der Waals surface area contributed by atoms with Gasteiger partial charge in [-0.25, -0.2) is 4.98 Å².